The lowest BCUT2D eigenvalue weighted by Crippen LogP contribution is -2.46. The third-order valence-corrected chi connectivity index (χ3v) is 3.40. The van der Waals surface area contributed by atoms with Gasteiger partial charge in [0.25, 0.3) is 0 Å². The molecule has 1 N–H and O–H groups in total. The highest BCUT2D eigenvalue weighted by atomic mass is 16.5. The molecule has 0 heterocycles. The molecule has 1 aromatic rings. The number of benzene rings is 1. The normalized spacial score (nSPS) is 10.9. The Balaban J connectivity index is 2.55. The molecule has 0 atom stereocenters. The summed E-state index contributed by atoms with van der Waals surface area (Å²) in [6.07, 6.45) is 0.902. The Morgan fingerprint density at radius 2 is 1.75 bits per heavy atom. The zero-order valence-electron chi connectivity index (χ0n) is 15.4. The summed E-state index contributed by atoms with van der Waals surface area (Å²) in [4.78, 5) is 25.5. The fourth-order valence-electron chi connectivity index (χ4n) is 2.24. The molecule has 0 saturated heterocycles. The number of likely N-dealkylation sites (N-methyl/N-ethyl adjacent to an activating group) is 1. The third-order valence-electron chi connectivity index (χ3n) is 3.40. The number of nitrogens with one attached hydrogen (secondary N) is 1. The Kier molecular flexibility index (Phi) is 7.07. The van der Waals surface area contributed by atoms with Crippen LogP contribution in [0.4, 0.5) is 0 Å². The van der Waals surface area contributed by atoms with Crippen molar-refractivity contribution in [2.45, 2.75) is 39.2 Å². The molecule has 0 spiro atoms. The lowest BCUT2D eigenvalue weighted by molar-refractivity contribution is -0.135. The van der Waals surface area contributed by atoms with Crippen LogP contribution in [0, 0.1) is 0 Å². The predicted octanol–water partition coefficient (Wildman–Crippen LogP) is 2.01. The molecule has 0 unspecified atom stereocenters. The molecule has 0 aliphatic rings. The molecule has 1 aromatic carbocycles. The van der Waals surface area contributed by atoms with Gasteiger partial charge in [0.05, 0.1) is 20.8 Å². The maximum Gasteiger partial charge on any atom is 0.240 e. The van der Waals surface area contributed by atoms with E-state index in [0.717, 1.165) is 5.56 Å². The van der Waals surface area contributed by atoms with Gasteiger partial charge >= 0.3 is 0 Å². The van der Waals surface area contributed by atoms with E-state index in [1.165, 1.54) is 4.90 Å². The summed E-state index contributed by atoms with van der Waals surface area (Å²) in [7, 11) is 4.80. The molecule has 24 heavy (non-hydrogen) atoms. The van der Waals surface area contributed by atoms with Gasteiger partial charge in [-0.2, -0.15) is 0 Å². The lowest BCUT2D eigenvalue weighted by Gasteiger charge is -2.23. The van der Waals surface area contributed by atoms with Crippen LogP contribution in [0.2, 0.25) is 0 Å². The number of hydrogen-bond donors (Lipinski definition) is 1. The second-order valence-corrected chi connectivity index (χ2v) is 6.74. The topological polar surface area (TPSA) is 67.9 Å². The SMILES string of the molecule is COc1ccc(CCC(=O)N(C)CC(=O)NC(C)(C)C)cc1OC. The number of carbonyl (C=O) groups is 2. The van der Waals surface area contributed by atoms with Crippen LogP contribution in [0.1, 0.15) is 32.8 Å². The summed E-state index contributed by atoms with van der Waals surface area (Å²) in [6.45, 7) is 5.78. The van der Waals surface area contributed by atoms with E-state index in [9.17, 15) is 9.59 Å². The molecule has 1 rings (SSSR count). The van der Waals surface area contributed by atoms with Crippen LogP contribution in [-0.4, -0.2) is 50.1 Å². The molecule has 0 aliphatic heterocycles. The molecule has 0 saturated carbocycles. The van der Waals surface area contributed by atoms with E-state index in [0.29, 0.717) is 24.3 Å². The third kappa shape index (κ3) is 6.48. The van der Waals surface area contributed by atoms with Crippen molar-refractivity contribution in [3.8, 4) is 11.5 Å². The number of aryl methyl sites for hydroxylation is 1. The predicted molar refractivity (Wildman–Crippen MR) is 93.4 cm³/mol. The van der Waals surface area contributed by atoms with Crippen LogP contribution in [0.3, 0.4) is 0 Å². The molecular weight excluding hydrogens is 308 g/mol. The number of carbonyl (C=O) groups excluding carboxylic acids is 2. The molecule has 2 amide bonds. The van der Waals surface area contributed by atoms with Crippen LogP contribution < -0.4 is 14.8 Å². The van der Waals surface area contributed by atoms with E-state index in [1.807, 2.05) is 39.0 Å². The number of nitrogens with zero attached hydrogens (tertiary/aromatic N) is 1. The van der Waals surface area contributed by atoms with Gasteiger partial charge in [-0.25, -0.2) is 0 Å². The fraction of sp³-hybridized carbons (Fsp3) is 0.556. The number of rotatable bonds is 7. The van der Waals surface area contributed by atoms with Crippen LogP contribution in [0.15, 0.2) is 18.2 Å². The molecule has 134 valence electrons. The largest absolute Gasteiger partial charge is 0.493 e. The van der Waals surface area contributed by atoms with Gasteiger partial charge in [-0.3, -0.25) is 9.59 Å². The number of methoxy groups -OCH3 is 2. The Morgan fingerprint density at radius 3 is 2.29 bits per heavy atom. The standard InChI is InChI=1S/C18H28N2O4/c1-18(2,3)19-16(21)12-20(4)17(22)10-8-13-7-9-14(23-5)15(11-13)24-6/h7,9,11H,8,10,12H2,1-6H3,(H,19,21). The fourth-order valence-corrected chi connectivity index (χ4v) is 2.24. The summed E-state index contributed by atoms with van der Waals surface area (Å²) >= 11 is 0. The van der Waals surface area contributed by atoms with Crippen molar-refractivity contribution in [3.63, 3.8) is 0 Å². The van der Waals surface area contributed by atoms with E-state index in [4.69, 9.17) is 9.47 Å². The van der Waals surface area contributed by atoms with Crippen LogP contribution >= 0.6 is 0 Å². The van der Waals surface area contributed by atoms with Crippen molar-refractivity contribution in [1.29, 1.82) is 0 Å². The molecule has 0 aromatic heterocycles. The van der Waals surface area contributed by atoms with Crippen LogP contribution in [-0.2, 0) is 16.0 Å². The average molecular weight is 336 g/mol. The van der Waals surface area contributed by atoms with Gasteiger partial charge in [0.15, 0.2) is 11.5 Å². The zero-order valence-corrected chi connectivity index (χ0v) is 15.4. The molecule has 0 bridgehead atoms. The summed E-state index contributed by atoms with van der Waals surface area (Å²) in [6, 6.07) is 5.58. The Hall–Kier alpha value is -2.24. The van der Waals surface area contributed by atoms with Crippen LogP contribution in [0.25, 0.3) is 0 Å². The minimum atomic E-state index is -0.305. The average Bonchev–Trinajstić information content (AvgIpc) is 2.50. The zero-order chi connectivity index (χ0) is 18.3. The summed E-state index contributed by atoms with van der Waals surface area (Å²) in [5, 5.41) is 2.84. The summed E-state index contributed by atoms with van der Waals surface area (Å²) in [5.74, 6) is 1.06. The van der Waals surface area contributed by atoms with Crippen molar-refractivity contribution in [1.82, 2.24) is 10.2 Å². The maximum absolute atomic E-state index is 12.2. The van der Waals surface area contributed by atoms with E-state index >= 15 is 0 Å². The smallest absolute Gasteiger partial charge is 0.240 e. The lowest BCUT2D eigenvalue weighted by atomic mass is 10.1. The molecule has 6 heteroatoms. The number of ether oxygens (including phenoxy) is 2. The Bertz CT molecular complexity index is 579. The maximum atomic E-state index is 12.2. The first-order chi connectivity index (χ1) is 11.2. The number of hydrogen-bond acceptors (Lipinski definition) is 4. The van der Waals surface area contributed by atoms with E-state index in [1.54, 1.807) is 21.3 Å². The molecule has 0 aliphatic carbocycles. The Morgan fingerprint density at radius 1 is 1.12 bits per heavy atom. The van der Waals surface area contributed by atoms with Crippen LogP contribution in [0.5, 0.6) is 11.5 Å². The first kappa shape index (κ1) is 19.8. The van der Waals surface area contributed by atoms with Gasteiger partial charge in [-0.15, -0.1) is 0 Å². The molecule has 0 fully saturated rings. The Labute approximate surface area is 144 Å². The molecule has 0 radical (unpaired) electrons. The van der Waals surface area contributed by atoms with Gasteiger partial charge in [0.1, 0.15) is 0 Å². The highest BCUT2D eigenvalue weighted by Crippen LogP contribution is 2.27. The van der Waals surface area contributed by atoms with Gasteiger partial charge in [0, 0.05) is 19.0 Å². The second-order valence-electron chi connectivity index (χ2n) is 6.74. The minimum Gasteiger partial charge on any atom is -0.493 e. The van der Waals surface area contributed by atoms with Gasteiger partial charge < -0.3 is 19.7 Å². The molecular formula is C18H28N2O4. The monoisotopic (exact) mass is 336 g/mol. The van der Waals surface area contributed by atoms with Gasteiger partial charge in [-0.1, -0.05) is 6.07 Å². The van der Waals surface area contributed by atoms with Gasteiger partial charge in [-0.05, 0) is 44.9 Å². The van der Waals surface area contributed by atoms with E-state index in [2.05, 4.69) is 5.32 Å². The first-order valence-electron chi connectivity index (χ1n) is 7.92. The van der Waals surface area contributed by atoms with Crippen molar-refractivity contribution >= 4 is 11.8 Å². The summed E-state index contributed by atoms with van der Waals surface area (Å²) in [5.41, 5.74) is 0.675. The second kappa shape index (κ2) is 8.57. The number of amides is 2. The van der Waals surface area contributed by atoms with E-state index in [-0.39, 0.29) is 23.9 Å². The van der Waals surface area contributed by atoms with Crippen molar-refractivity contribution in [3.05, 3.63) is 23.8 Å². The summed E-state index contributed by atoms with van der Waals surface area (Å²) < 4.78 is 10.5. The van der Waals surface area contributed by atoms with Crippen molar-refractivity contribution < 1.29 is 19.1 Å². The van der Waals surface area contributed by atoms with E-state index < -0.39 is 0 Å². The first-order valence-corrected chi connectivity index (χ1v) is 7.92. The van der Waals surface area contributed by atoms with Crippen molar-refractivity contribution in [2.75, 3.05) is 27.8 Å². The highest BCUT2D eigenvalue weighted by Gasteiger charge is 2.17. The molecule has 6 nitrogen and oxygen atoms in total. The minimum absolute atomic E-state index is 0.0576. The van der Waals surface area contributed by atoms with Crippen molar-refractivity contribution in [2.24, 2.45) is 0 Å². The van der Waals surface area contributed by atoms with Gasteiger partial charge in [0.2, 0.25) is 11.8 Å². The highest BCUT2D eigenvalue weighted by molar-refractivity contribution is 5.85. The quantitative estimate of drug-likeness (QED) is 0.827.